The number of thioether (sulfide) groups is 1. The summed E-state index contributed by atoms with van der Waals surface area (Å²) in [5, 5.41) is 8.81. The summed E-state index contributed by atoms with van der Waals surface area (Å²) >= 11 is 1.68. The van der Waals surface area contributed by atoms with Gasteiger partial charge in [-0.2, -0.15) is 0 Å². The molecule has 1 fully saturated rings. The first-order chi connectivity index (χ1) is 8.69. The average Bonchev–Trinajstić information content (AvgIpc) is 2.86. The van der Waals surface area contributed by atoms with Crippen LogP contribution >= 0.6 is 11.8 Å². The van der Waals surface area contributed by atoms with Crippen molar-refractivity contribution in [2.24, 2.45) is 0 Å². The number of carboxylic acids is 1. The summed E-state index contributed by atoms with van der Waals surface area (Å²) in [6.07, 6.45) is 2.53. The van der Waals surface area contributed by atoms with Gasteiger partial charge in [0, 0.05) is 4.90 Å². The first-order valence-corrected chi connectivity index (χ1v) is 7.06. The largest absolute Gasteiger partial charge is 0.491 e. The van der Waals surface area contributed by atoms with E-state index in [1.165, 1.54) is 4.90 Å². The van der Waals surface area contributed by atoms with Gasteiger partial charge in [0.15, 0.2) is 6.10 Å². The Hall–Kier alpha value is -1.20. The maximum Gasteiger partial charge on any atom is 0.332 e. The maximum atomic E-state index is 10.7. The SMILES string of the molecule is CSc1ccc(OCC2CCC(C(=O)O)O2)cc1. The van der Waals surface area contributed by atoms with Crippen molar-refractivity contribution in [2.45, 2.75) is 29.9 Å². The van der Waals surface area contributed by atoms with Crippen LogP contribution < -0.4 is 4.74 Å². The summed E-state index contributed by atoms with van der Waals surface area (Å²) in [4.78, 5) is 11.9. The molecule has 18 heavy (non-hydrogen) atoms. The molecule has 2 atom stereocenters. The van der Waals surface area contributed by atoms with E-state index in [9.17, 15) is 4.79 Å². The second-order valence-corrected chi connectivity index (χ2v) is 5.03. The number of carbonyl (C=O) groups is 1. The summed E-state index contributed by atoms with van der Waals surface area (Å²) in [5.41, 5.74) is 0. The molecule has 4 nitrogen and oxygen atoms in total. The minimum absolute atomic E-state index is 0.119. The highest BCUT2D eigenvalue weighted by Gasteiger charge is 2.30. The van der Waals surface area contributed by atoms with Crippen LogP contribution in [0.15, 0.2) is 29.2 Å². The third kappa shape index (κ3) is 3.40. The second kappa shape index (κ2) is 6.11. The predicted octanol–water partition coefficient (Wildman–Crippen LogP) is 2.42. The molecule has 1 saturated heterocycles. The minimum atomic E-state index is -0.887. The third-order valence-corrected chi connectivity index (χ3v) is 3.62. The molecule has 1 aliphatic rings. The molecule has 0 saturated carbocycles. The van der Waals surface area contributed by atoms with E-state index in [1.54, 1.807) is 11.8 Å². The Labute approximate surface area is 110 Å². The lowest BCUT2D eigenvalue weighted by Crippen LogP contribution is -2.23. The van der Waals surface area contributed by atoms with Crippen LogP contribution in [-0.2, 0) is 9.53 Å². The lowest BCUT2D eigenvalue weighted by molar-refractivity contribution is -0.149. The quantitative estimate of drug-likeness (QED) is 0.831. The molecule has 0 amide bonds. The molecule has 2 rings (SSSR count). The van der Waals surface area contributed by atoms with Crippen LogP contribution in [-0.4, -0.2) is 36.1 Å². The van der Waals surface area contributed by atoms with Crippen LogP contribution in [0, 0.1) is 0 Å². The highest BCUT2D eigenvalue weighted by Crippen LogP contribution is 2.22. The first-order valence-electron chi connectivity index (χ1n) is 5.84. The van der Waals surface area contributed by atoms with Crippen LogP contribution in [0.4, 0.5) is 0 Å². The number of carboxylic acid groups (broad SMARTS) is 1. The molecular weight excluding hydrogens is 252 g/mol. The Morgan fingerprint density at radius 2 is 2.17 bits per heavy atom. The lowest BCUT2D eigenvalue weighted by Gasteiger charge is -2.12. The molecule has 0 aliphatic carbocycles. The normalized spacial score (nSPS) is 22.9. The van der Waals surface area contributed by atoms with E-state index in [0.717, 1.165) is 12.2 Å². The first kappa shape index (κ1) is 13.2. The Morgan fingerprint density at radius 3 is 2.72 bits per heavy atom. The summed E-state index contributed by atoms with van der Waals surface area (Å²) in [6, 6.07) is 7.82. The van der Waals surface area contributed by atoms with E-state index < -0.39 is 12.1 Å². The van der Waals surface area contributed by atoms with Gasteiger partial charge in [-0.1, -0.05) is 0 Å². The van der Waals surface area contributed by atoms with Crippen LogP contribution in [0.3, 0.4) is 0 Å². The third-order valence-electron chi connectivity index (χ3n) is 2.88. The number of rotatable bonds is 5. The number of hydrogen-bond acceptors (Lipinski definition) is 4. The van der Waals surface area contributed by atoms with Gasteiger partial charge in [-0.05, 0) is 43.4 Å². The highest BCUT2D eigenvalue weighted by molar-refractivity contribution is 7.98. The molecule has 0 aromatic heterocycles. The van der Waals surface area contributed by atoms with Crippen molar-refractivity contribution >= 4 is 17.7 Å². The zero-order chi connectivity index (χ0) is 13.0. The summed E-state index contributed by atoms with van der Waals surface area (Å²) in [7, 11) is 0. The van der Waals surface area contributed by atoms with Crippen LogP contribution in [0.2, 0.25) is 0 Å². The molecule has 1 heterocycles. The van der Waals surface area contributed by atoms with Gasteiger partial charge in [0.25, 0.3) is 0 Å². The Kier molecular flexibility index (Phi) is 4.49. The van der Waals surface area contributed by atoms with Gasteiger partial charge in [-0.3, -0.25) is 0 Å². The summed E-state index contributed by atoms with van der Waals surface area (Å²) in [5.74, 6) is -0.100. The Bertz CT molecular complexity index is 404. The van der Waals surface area contributed by atoms with Gasteiger partial charge in [0.2, 0.25) is 0 Å². The molecule has 1 N–H and O–H groups in total. The molecule has 2 unspecified atom stereocenters. The van der Waals surface area contributed by atoms with Gasteiger partial charge in [-0.25, -0.2) is 4.79 Å². The molecule has 0 spiro atoms. The van der Waals surface area contributed by atoms with Crippen molar-refractivity contribution in [3.05, 3.63) is 24.3 Å². The summed E-state index contributed by atoms with van der Waals surface area (Å²) < 4.78 is 11.0. The van der Waals surface area contributed by atoms with Crippen molar-refractivity contribution in [3.63, 3.8) is 0 Å². The van der Waals surface area contributed by atoms with Gasteiger partial charge in [0.05, 0.1) is 6.10 Å². The fraction of sp³-hybridized carbons (Fsp3) is 0.462. The molecule has 5 heteroatoms. The van der Waals surface area contributed by atoms with Crippen molar-refractivity contribution in [2.75, 3.05) is 12.9 Å². The van der Waals surface area contributed by atoms with Crippen LogP contribution in [0.1, 0.15) is 12.8 Å². The molecular formula is C13H16O4S. The lowest BCUT2D eigenvalue weighted by atomic mass is 10.2. The number of hydrogen-bond donors (Lipinski definition) is 1. The van der Waals surface area contributed by atoms with Gasteiger partial charge in [-0.15, -0.1) is 11.8 Å². The Balaban J connectivity index is 1.79. The van der Waals surface area contributed by atoms with E-state index in [4.69, 9.17) is 14.6 Å². The van der Waals surface area contributed by atoms with Crippen molar-refractivity contribution < 1.29 is 19.4 Å². The summed E-state index contributed by atoms with van der Waals surface area (Å²) in [6.45, 7) is 0.405. The van der Waals surface area contributed by atoms with E-state index in [2.05, 4.69) is 0 Å². The number of ether oxygens (including phenoxy) is 2. The van der Waals surface area contributed by atoms with Crippen molar-refractivity contribution in [1.29, 1.82) is 0 Å². The molecule has 0 bridgehead atoms. The van der Waals surface area contributed by atoms with E-state index in [0.29, 0.717) is 13.0 Å². The predicted molar refractivity (Wildman–Crippen MR) is 69.2 cm³/mol. The Morgan fingerprint density at radius 1 is 1.44 bits per heavy atom. The van der Waals surface area contributed by atoms with Gasteiger partial charge < -0.3 is 14.6 Å². The van der Waals surface area contributed by atoms with E-state index in [1.807, 2.05) is 30.5 Å². The zero-order valence-electron chi connectivity index (χ0n) is 10.2. The monoisotopic (exact) mass is 268 g/mol. The molecule has 1 aromatic rings. The van der Waals surface area contributed by atoms with Crippen molar-refractivity contribution in [3.8, 4) is 5.75 Å². The smallest absolute Gasteiger partial charge is 0.332 e. The topological polar surface area (TPSA) is 55.8 Å². The van der Waals surface area contributed by atoms with Gasteiger partial charge >= 0.3 is 5.97 Å². The van der Waals surface area contributed by atoms with Crippen molar-refractivity contribution in [1.82, 2.24) is 0 Å². The fourth-order valence-corrected chi connectivity index (χ4v) is 2.28. The van der Waals surface area contributed by atoms with E-state index in [-0.39, 0.29) is 6.10 Å². The maximum absolute atomic E-state index is 10.7. The number of aliphatic carboxylic acids is 1. The fourth-order valence-electron chi connectivity index (χ4n) is 1.87. The van der Waals surface area contributed by atoms with Crippen LogP contribution in [0.25, 0.3) is 0 Å². The second-order valence-electron chi connectivity index (χ2n) is 4.15. The molecule has 1 aliphatic heterocycles. The van der Waals surface area contributed by atoms with Crippen LogP contribution in [0.5, 0.6) is 5.75 Å². The molecule has 0 radical (unpaired) electrons. The van der Waals surface area contributed by atoms with Gasteiger partial charge in [0.1, 0.15) is 12.4 Å². The average molecular weight is 268 g/mol. The zero-order valence-corrected chi connectivity index (χ0v) is 11.0. The molecule has 1 aromatic carbocycles. The number of benzene rings is 1. The minimum Gasteiger partial charge on any atom is -0.491 e. The standard InChI is InChI=1S/C13H16O4S/c1-18-11-5-2-9(3-6-11)16-8-10-4-7-12(17-10)13(14)15/h2-3,5-6,10,12H,4,7-8H2,1H3,(H,14,15). The highest BCUT2D eigenvalue weighted by atomic mass is 32.2. The molecule has 98 valence electrons. The van der Waals surface area contributed by atoms with E-state index >= 15 is 0 Å².